The highest BCUT2D eigenvalue weighted by Gasteiger charge is 2.62. The minimum atomic E-state index is -0.986. The first-order valence-electron chi connectivity index (χ1n) is 10.3. The zero-order valence-corrected chi connectivity index (χ0v) is 22.7. The average Bonchev–Trinajstić information content (AvgIpc) is 3.41. The van der Waals surface area contributed by atoms with Crippen LogP contribution in [-0.4, -0.2) is 41.7 Å². The summed E-state index contributed by atoms with van der Waals surface area (Å²) >= 11 is 10.1. The molecule has 1 aromatic rings. The second-order valence-corrected chi connectivity index (χ2v) is 10.9. The number of carbonyl (C=O) groups is 5. The largest absolute Gasteiger partial charge is 0.366 e. The lowest BCUT2D eigenvalue weighted by Crippen LogP contribution is -2.35. The van der Waals surface area contributed by atoms with Crippen LogP contribution in [0.5, 0.6) is 0 Å². The molecule has 4 unspecified atom stereocenters. The molecule has 2 saturated carbocycles. The van der Waals surface area contributed by atoms with E-state index in [0.717, 1.165) is 19.3 Å². The van der Waals surface area contributed by atoms with Crippen molar-refractivity contribution in [3.05, 3.63) is 19.0 Å². The summed E-state index contributed by atoms with van der Waals surface area (Å²) < 4.78 is 0.670. The first-order valence-corrected chi connectivity index (χ1v) is 12.7. The van der Waals surface area contributed by atoms with Crippen LogP contribution in [0.25, 0.3) is 0 Å². The maximum Gasteiger partial charge on any atom is 0.366 e. The lowest BCUT2D eigenvalue weighted by atomic mass is 9.81. The van der Waals surface area contributed by atoms with Gasteiger partial charge < -0.3 is 15.1 Å². The lowest BCUT2D eigenvalue weighted by Gasteiger charge is -2.24. The third kappa shape index (κ3) is 3.83. The summed E-state index contributed by atoms with van der Waals surface area (Å²) in [7, 11) is 1.50. The molecule has 1 aromatic carbocycles. The summed E-state index contributed by atoms with van der Waals surface area (Å²) in [6.45, 7) is 2.63. The molecule has 1 aliphatic heterocycles. The number of fused-ring (bicyclic) bond motifs is 5. The Bertz CT molecular complexity index is 1100. The van der Waals surface area contributed by atoms with Crippen LogP contribution in [0.2, 0.25) is 0 Å². The van der Waals surface area contributed by atoms with Gasteiger partial charge in [0.2, 0.25) is 11.8 Å². The van der Waals surface area contributed by atoms with Crippen molar-refractivity contribution in [1.29, 1.82) is 0 Å². The molecule has 3 aliphatic rings. The van der Waals surface area contributed by atoms with Crippen molar-refractivity contribution in [2.24, 2.45) is 23.7 Å². The van der Waals surface area contributed by atoms with Crippen LogP contribution in [0.15, 0.2) is 13.4 Å². The van der Waals surface area contributed by atoms with Gasteiger partial charge in [-0.3, -0.25) is 19.2 Å². The Morgan fingerprint density at radius 1 is 0.970 bits per heavy atom. The standard InChI is InChI=1S/C21H20Br3N3O6/c1-7(28)25-17-14(22)13(15(23)18(16(17)24)26(3)8(2)29)21(32)33-27-19(30)11-9-4-5-10(6-9)12(11)20(27)31/h9-12H,4-6H2,1-3H3,(H,25,28). The quantitative estimate of drug-likeness (QED) is 0.493. The second-order valence-electron chi connectivity index (χ2n) is 8.53. The SMILES string of the molecule is CC(=O)Nc1c(Br)c(C(=O)ON2C(=O)C3C4CCC(C4)C3C2=O)c(Br)c(N(C)C(C)=O)c1Br. The number of anilines is 2. The fourth-order valence-electron chi connectivity index (χ4n) is 5.17. The summed E-state index contributed by atoms with van der Waals surface area (Å²) in [6, 6.07) is 0. The number of amides is 4. The molecule has 3 fully saturated rings. The molecule has 2 bridgehead atoms. The van der Waals surface area contributed by atoms with E-state index < -0.39 is 35.5 Å². The number of imide groups is 1. The smallest absolute Gasteiger partial charge is 0.325 e. The number of nitrogens with one attached hydrogen (secondary N) is 1. The molecule has 1 N–H and O–H groups in total. The highest BCUT2D eigenvalue weighted by Crippen LogP contribution is 2.56. The van der Waals surface area contributed by atoms with Crippen LogP contribution in [0, 0.1) is 23.7 Å². The molecule has 0 spiro atoms. The predicted octanol–water partition coefficient (Wildman–Crippen LogP) is 4.02. The van der Waals surface area contributed by atoms with Crippen LogP contribution in [0.3, 0.4) is 0 Å². The van der Waals surface area contributed by atoms with Crippen molar-refractivity contribution in [2.45, 2.75) is 33.1 Å². The molecular formula is C21H20Br3N3O6. The number of hydrogen-bond donors (Lipinski definition) is 1. The summed E-state index contributed by atoms with van der Waals surface area (Å²) in [5.41, 5.74) is 0.357. The Labute approximate surface area is 214 Å². The van der Waals surface area contributed by atoms with Crippen molar-refractivity contribution in [2.75, 3.05) is 17.3 Å². The van der Waals surface area contributed by atoms with Crippen LogP contribution in [0.4, 0.5) is 11.4 Å². The van der Waals surface area contributed by atoms with Gasteiger partial charge in [-0.05, 0) is 78.9 Å². The Morgan fingerprint density at radius 2 is 1.52 bits per heavy atom. The lowest BCUT2D eigenvalue weighted by molar-refractivity contribution is -0.175. The molecule has 0 radical (unpaired) electrons. The van der Waals surface area contributed by atoms with Gasteiger partial charge >= 0.3 is 5.97 Å². The summed E-state index contributed by atoms with van der Waals surface area (Å²) in [5.74, 6) is -3.29. The monoisotopic (exact) mass is 647 g/mol. The van der Waals surface area contributed by atoms with Gasteiger partial charge in [-0.15, -0.1) is 5.06 Å². The fraction of sp³-hybridized carbons (Fsp3) is 0.476. The molecule has 33 heavy (non-hydrogen) atoms. The first-order chi connectivity index (χ1) is 15.5. The van der Waals surface area contributed by atoms with E-state index >= 15 is 0 Å². The van der Waals surface area contributed by atoms with Crippen LogP contribution in [0.1, 0.15) is 43.5 Å². The molecule has 9 nitrogen and oxygen atoms in total. The summed E-state index contributed by atoms with van der Waals surface area (Å²) in [5, 5.41) is 3.21. The maximum atomic E-state index is 13.3. The Kier molecular flexibility index (Phi) is 6.47. The van der Waals surface area contributed by atoms with E-state index in [1.54, 1.807) is 0 Å². The third-order valence-electron chi connectivity index (χ3n) is 6.67. The maximum absolute atomic E-state index is 13.3. The fourth-order valence-corrected chi connectivity index (χ4v) is 8.21. The Morgan fingerprint density at radius 3 is 2.00 bits per heavy atom. The van der Waals surface area contributed by atoms with Crippen molar-refractivity contribution < 1.29 is 28.8 Å². The van der Waals surface area contributed by atoms with Gasteiger partial charge in [0.25, 0.3) is 11.8 Å². The average molecular weight is 650 g/mol. The number of nitrogens with zero attached hydrogens (tertiary/aromatic N) is 2. The van der Waals surface area contributed by atoms with Crippen molar-refractivity contribution in [3.63, 3.8) is 0 Å². The van der Waals surface area contributed by atoms with Gasteiger partial charge in [0, 0.05) is 20.9 Å². The summed E-state index contributed by atoms with van der Waals surface area (Å²) in [4.78, 5) is 69.6. The van der Waals surface area contributed by atoms with Gasteiger partial charge in [-0.2, -0.15) is 0 Å². The van der Waals surface area contributed by atoms with Crippen molar-refractivity contribution in [1.82, 2.24) is 5.06 Å². The molecule has 1 heterocycles. The van der Waals surface area contributed by atoms with E-state index in [9.17, 15) is 24.0 Å². The molecule has 4 amide bonds. The second kappa shape index (κ2) is 8.77. The number of rotatable bonds is 4. The van der Waals surface area contributed by atoms with E-state index in [1.165, 1.54) is 25.8 Å². The Balaban J connectivity index is 1.73. The number of hydroxylamine groups is 2. The van der Waals surface area contributed by atoms with E-state index in [4.69, 9.17) is 4.84 Å². The van der Waals surface area contributed by atoms with Crippen molar-refractivity contribution in [3.8, 4) is 0 Å². The zero-order chi connectivity index (χ0) is 24.4. The molecule has 12 heteroatoms. The summed E-state index contributed by atoms with van der Waals surface area (Å²) in [6.07, 6.45) is 2.66. The van der Waals surface area contributed by atoms with Gasteiger partial charge in [0.15, 0.2) is 0 Å². The van der Waals surface area contributed by atoms with Gasteiger partial charge in [0.1, 0.15) is 0 Å². The number of carbonyl (C=O) groups excluding carboxylic acids is 5. The molecule has 176 valence electrons. The van der Waals surface area contributed by atoms with Gasteiger partial charge in [-0.1, -0.05) is 0 Å². The van der Waals surface area contributed by atoms with E-state index in [-0.39, 0.29) is 43.6 Å². The van der Waals surface area contributed by atoms with Gasteiger partial charge in [0.05, 0.1) is 42.2 Å². The van der Waals surface area contributed by atoms with Crippen LogP contribution < -0.4 is 10.2 Å². The predicted molar refractivity (Wildman–Crippen MR) is 128 cm³/mol. The van der Waals surface area contributed by atoms with E-state index in [1.807, 2.05) is 0 Å². The molecule has 0 aromatic heterocycles. The molecular weight excluding hydrogens is 630 g/mol. The van der Waals surface area contributed by atoms with Crippen molar-refractivity contribution >= 4 is 88.8 Å². The van der Waals surface area contributed by atoms with E-state index in [0.29, 0.717) is 9.54 Å². The van der Waals surface area contributed by atoms with Crippen LogP contribution >= 0.6 is 47.8 Å². The highest BCUT2D eigenvalue weighted by atomic mass is 79.9. The number of hydrogen-bond acceptors (Lipinski definition) is 6. The topological polar surface area (TPSA) is 113 Å². The Hall–Kier alpha value is -1.79. The van der Waals surface area contributed by atoms with E-state index in [2.05, 4.69) is 53.1 Å². The molecule has 2 aliphatic carbocycles. The first kappa shape index (κ1) is 24.3. The normalized spacial score (nSPS) is 25.3. The van der Waals surface area contributed by atoms with Gasteiger partial charge in [-0.25, -0.2) is 4.79 Å². The zero-order valence-electron chi connectivity index (χ0n) is 17.9. The highest BCUT2D eigenvalue weighted by molar-refractivity contribution is 9.12. The van der Waals surface area contributed by atoms with Crippen LogP contribution in [-0.2, 0) is 24.0 Å². The molecule has 1 saturated heterocycles. The third-order valence-corrected chi connectivity index (χ3v) is 9.01. The minimum absolute atomic E-state index is 0.0920. The molecule has 4 atom stereocenters. The minimum Gasteiger partial charge on any atom is -0.325 e. The number of benzene rings is 1. The molecule has 4 rings (SSSR count). The number of halogens is 3.